The van der Waals surface area contributed by atoms with Gasteiger partial charge < -0.3 is 41.0 Å². The second kappa shape index (κ2) is 13.7. The van der Waals surface area contributed by atoms with Crippen LogP contribution >= 0.6 is 0 Å². The van der Waals surface area contributed by atoms with Gasteiger partial charge in [0.15, 0.2) is 0 Å². The average molecular weight is 535 g/mol. The number of aromatic amines is 1. The summed E-state index contributed by atoms with van der Waals surface area (Å²) in [4.78, 5) is 22.6. The smallest absolute Gasteiger partial charge is 0.238 e. The number of aliphatic hydroxyl groups excluding tert-OH is 4. The van der Waals surface area contributed by atoms with E-state index in [1.165, 1.54) is 0 Å². The fraction of sp³-hybridized carbons (Fsp3) is 0.577. The van der Waals surface area contributed by atoms with Gasteiger partial charge in [0.05, 0.1) is 6.61 Å². The van der Waals surface area contributed by atoms with Crippen LogP contribution < -0.4 is 15.8 Å². The monoisotopic (exact) mass is 534 g/mol. The van der Waals surface area contributed by atoms with Crippen molar-refractivity contribution in [2.45, 2.75) is 82.6 Å². The molecule has 12 nitrogen and oxygen atoms in total. The number of hydrogen-bond acceptors (Lipinski definition) is 9. The molecular weight excluding hydrogens is 496 g/mol. The standard InChI is InChI=1S/C26H38N4O8/c1-14(2)21-17(25(30-29-21)38-26-24(36)23(35)22(34)18(13-31)37-26)12-16-8-6-15(7-9-16)4-3-5-20(33)28-11-10-19(27)32/h6-9,14,18,22-24,26,31,34-36H,3-5,10-13H2,1-2H3,(H2,27,32)(H,28,33)(H,29,30)/t18-,22-,23+,24-,26+/m1/s1. The first-order valence-corrected chi connectivity index (χ1v) is 12.8. The molecule has 38 heavy (non-hydrogen) atoms. The largest absolute Gasteiger partial charge is 0.443 e. The Hall–Kier alpha value is -3.03. The first-order valence-electron chi connectivity index (χ1n) is 12.8. The summed E-state index contributed by atoms with van der Waals surface area (Å²) in [5.41, 5.74) is 8.73. The lowest BCUT2D eigenvalue weighted by atomic mass is 9.97. The molecule has 1 saturated heterocycles. The van der Waals surface area contributed by atoms with Crippen LogP contribution in [0.3, 0.4) is 0 Å². The number of primary amides is 1. The molecule has 12 heteroatoms. The maximum atomic E-state index is 11.9. The lowest BCUT2D eigenvalue weighted by Crippen LogP contribution is -2.60. The van der Waals surface area contributed by atoms with Crippen LogP contribution in [-0.4, -0.2) is 86.3 Å². The van der Waals surface area contributed by atoms with Crippen molar-refractivity contribution in [1.29, 1.82) is 0 Å². The molecule has 3 rings (SSSR count). The van der Waals surface area contributed by atoms with Gasteiger partial charge in [0, 0.05) is 37.1 Å². The summed E-state index contributed by atoms with van der Waals surface area (Å²) in [6.07, 6.45) is -4.65. The van der Waals surface area contributed by atoms with Gasteiger partial charge >= 0.3 is 0 Å². The van der Waals surface area contributed by atoms with Gasteiger partial charge in [-0.3, -0.25) is 14.7 Å². The summed E-state index contributed by atoms with van der Waals surface area (Å²) >= 11 is 0. The predicted octanol–water partition coefficient (Wildman–Crippen LogP) is -0.383. The lowest BCUT2D eigenvalue weighted by Gasteiger charge is -2.39. The minimum Gasteiger partial charge on any atom is -0.443 e. The van der Waals surface area contributed by atoms with Gasteiger partial charge in [-0.05, 0) is 29.9 Å². The van der Waals surface area contributed by atoms with Gasteiger partial charge in [0.25, 0.3) is 0 Å². The molecule has 0 aliphatic carbocycles. The molecule has 1 fully saturated rings. The Bertz CT molecular complexity index is 1060. The molecule has 1 aliphatic rings. The zero-order valence-electron chi connectivity index (χ0n) is 21.7. The number of H-pyrrole nitrogens is 1. The predicted molar refractivity (Wildman–Crippen MR) is 136 cm³/mol. The second-order valence-corrected chi connectivity index (χ2v) is 9.80. The van der Waals surface area contributed by atoms with Crippen LogP contribution in [0.15, 0.2) is 24.3 Å². The maximum Gasteiger partial charge on any atom is 0.238 e. The van der Waals surface area contributed by atoms with E-state index in [1.54, 1.807) is 0 Å². The zero-order valence-corrected chi connectivity index (χ0v) is 21.7. The van der Waals surface area contributed by atoms with Crippen LogP contribution in [0.1, 0.15) is 61.4 Å². The van der Waals surface area contributed by atoms with Crippen molar-refractivity contribution in [3.05, 3.63) is 46.6 Å². The number of benzene rings is 1. The first kappa shape index (κ1) is 29.5. The highest BCUT2D eigenvalue weighted by Gasteiger charge is 2.45. The molecule has 8 N–H and O–H groups in total. The summed E-state index contributed by atoms with van der Waals surface area (Å²) in [5, 5.41) is 49.8. The van der Waals surface area contributed by atoms with E-state index in [9.17, 15) is 30.0 Å². The van der Waals surface area contributed by atoms with Crippen LogP contribution in [-0.2, 0) is 27.2 Å². The fourth-order valence-corrected chi connectivity index (χ4v) is 4.28. The molecular formula is C26H38N4O8. The van der Waals surface area contributed by atoms with E-state index in [2.05, 4.69) is 15.5 Å². The van der Waals surface area contributed by atoms with E-state index in [0.29, 0.717) is 19.3 Å². The molecule has 2 aromatic rings. The number of carbonyl (C=O) groups is 2. The Morgan fingerprint density at radius 1 is 1.11 bits per heavy atom. The molecule has 1 aromatic heterocycles. The van der Waals surface area contributed by atoms with Crippen molar-refractivity contribution in [3.63, 3.8) is 0 Å². The number of aliphatic hydroxyl groups is 4. The number of nitrogens with one attached hydrogen (secondary N) is 2. The molecule has 2 amide bonds. The number of carbonyl (C=O) groups excluding carboxylic acids is 2. The van der Waals surface area contributed by atoms with Gasteiger partial charge in [-0.25, -0.2) is 0 Å². The Balaban J connectivity index is 1.62. The average Bonchev–Trinajstić information content (AvgIpc) is 3.27. The number of aromatic nitrogens is 2. The quantitative estimate of drug-likeness (QED) is 0.179. The Labute approximate surface area is 221 Å². The van der Waals surface area contributed by atoms with Crippen LogP contribution in [0.2, 0.25) is 0 Å². The van der Waals surface area contributed by atoms with Crippen LogP contribution in [0.4, 0.5) is 0 Å². The molecule has 5 atom stereocenters. The molecule has 0 bridgehead atoms. The minimum absolute atomic E-state index is 0.0954. The number of amides is 2. The third kappa shape index (κ3) is 7.74. The number of nitrogens with two attached hydrogens (primary N) is 1. The molecule has 0 saturated carbocycles. The Kier molecular flexibility index (Phi) is 10.6. The summed E-state index contributed by atoms with van der Waals surface area (Å²) in [7, 11) is 0. The van der Waals surface area contributed by atoms with Crippen molar-refractivity contribution in [2.75, 3.05) is 13.2 Å². The van der Waals surface area contributed by atoms with Gasteiger partial charge in [-0.15, -0.1) is 5.10 Å². The molecule has 210 valence electrons. The minimum atomic E-state index is -1.55. The third-order valence-corrected chi connectivity index (χ3v) is 6.48. The van der Waals surface area contributed by atoms with Crippen molar-refractivity contribution in [2.24, 2.45) is 5.73 Å². The molecule has 1 aromatic carbocycles. The number of nitrogens with zero attached hydrogens (tertiary/aromatic N) is 1. The highest BCUT2D eigenvalue weighted by atomic mass is 16.7. The van der Waals surface area contributed by atoms with Crippen molar-refractivity contribution in [3.8, 4) is 5.88 Å². The molecule has 2 heterocycles. The highest BCUT2D eigenvalue weighted by Crippen LogP contribution is 2.31. The zero-order chi connectivity index (χ0) is 27.8. The SMILES string of the molecule is CC(C)c1[nH]nc(O[C@@H]2O[C@H](CO)[C@@H](O)[C@H](O)[C@H]2O)c1Cc1ccc(CCCC(=O)NCCC(N)=O)cc1. The maximum absolute atomic E-state index is 11.9. The number of hydrogen-bond donors (Lipinski definition) is 7. The van der Waals surface area contributed by atoms with Gasteiger partial charge in [-0.2, -0.15) is 0 Å². The van der Waals surface area contributed by atoms with Gasteiger partial charge in [0.2, 0.25) is 24.0 Å². The number of rotatable bonds is 13. The molecule has 0 spiro atoms. The van der Waals surface area contributed by atoms with Gasteiger partial charge in [0.1, 0.15) is 24.4 Å². The lowest BCUT2D eigenvalue weighted by molar-refractivity contribution is -0.278. The van der Waals surface area contributed by atoms with E-state index in [0.717, 1.165) is 28.8 Å². The summed E-state index contributed by atoms with van der Waals surface area (Å²) in [6.45, 7) is 3.70. The summed E-state index contributed by atoms with van der Waals surface area (Å²) in [5.74, 6) is -0.271. The van der Waals surface area contributed by atoms with Gasteiger partial charge in [-0.1, -0.05) is 38.1 Å². The molecule has 0 unspecified atom stereocenters. The van der Waals surface area contributed by atoms with E-state index in [1.807, 2.05) is 38.1 Å². The van der Waals surface area contributed by atoms with Crippen LogP contribution in [0.25, 0.3) is 0 Å². The van der Waals surface area contributed by atoms with E-state index in [-0.39, 0.29) is 30.7 Å². The number of ether oxygens (including phenoxy) is 2. The molecule has 1 aliphatic heterocycles. The Morgan fingerprint density at radius 3 is 2.42 bits per heavy atom. The van der Waals surface area contributed by atoms with E-state index >= 15 is 0 Å². The normalized spacial score (nSPS) is 23.4. The molecule has 0 radical (unpaired) electrons. The van der Waals surface area contributed by atoms with Crippen LogP contribution in [0.5, 0.6) is 5.88 Å². The third-order valence-electron chi connectivity index (χ3n) is 6.48. The van der Waals surface area contributed by atoms with Crippen molar-refractivity contribution < 1.29 is 39.5 Å². The topological polar surface area (TPSA) is 200 Å². The number of aryl methyl sites for hydroxylation is 1. The van der Waals surface area contributed by atoms with E-state index < -0.39 is 43.2 Å². The fourth-order valence-electron chi connectivity index (χ4n) is 4.28. The second-order valence-electron chi connectivity index (χ2n) is 9.80. The summed E-state index contributed by atoms with van der Waals surface area (Å²) in [6, 6.07) is 7.95. The van der Waals surface area contributed by atoms with Crippen molar-refractivity contribution >= 4 is 11.8 Å². The first-order chi connectivity index (χ1) is 18.1. The van der Waals surface area contributed by atoms with Crippen molar-refractivity contribution in [1.82, 2.24) is 15.5 Å². The Morgan fingerprint density at radius 2 is 1.79 bits per heavy atom. The highest BCUT2D eigenvalue weighted by molar-refractivity contribution is 5.78. The van der Waals surface area contributed by atoms with Crippen LogP contribution in [0, 0.1) is 0 Å². The van der Waals surface area contributed by atoms with E-state index in [4.69, 9.17) is 15.2 Å². The summed E-state index contributed by atoms with van der Waals surface area (Å²) < 4.78 is 11.3.